The molecule has 0 amide bonds. The van der Waals surface area contributed by atoms with Crippen LogP contribution in [0.1, 0.15) is 17.9 Å². The van der Waals surface area contributed by atoms with Gasteiger partial charge in [0, 0.05) is 35.3 Å². The minimum absolute atomic E-state index is 0.0864. The number of nitrogens with one attached hydrogen (secondary N) is 1. The number of hydrogen-bond donors (Lipinski definition) is 1. The van der Waals surface area contributed by atoms with Crippen LogP contribution in [0.4, 0.5) is 8.78 Å². The Kier molecular flexibility index (Phi) is 5.34. The lowest BCUT2D eigenvalue weighted by Gasteiger charge is -2.25. The van der Waals surface area contributed by atoms with Gasteiger partial charge in [-0.1, -0.05) is 6.07 Å². The molecule has 0 saturated carbocycles. The van der Waals surface area contributed by atoms with Crippen molar-refractivity contribution in [1.82, 2.24) is 9.62 Å². The Bertz CT molecular complexity index is 1010. The van der Waals surface area contributed by atoms with Crippen LogP contribution >= 0.6 is 11.9 Å². The first-order valence-electron chi connectivity index (χ1n) is 9.84. The Balaban J connectivity index is 1.62. The Morgan fingerprint density at radius 3 is 2.79 bits per heavy atom. The van der Waals surface area contributed by atoms with Crippen molar-refractivity contribution in [3.63, 3.8) is 0 Å². The molecule has 3 heterocycles. The van der Waals surface area contributed by atoms with Gasteiger partial charge in [-0.05, 0) is 60.7 Å². The quantitative estimate of drug-likeness (QED) is 0.609. The topological polar surface area (TPSA) is 46.9 Å². The van der Waals surface area contributed by atoms with Crippen molar-refractivity contribution in [3.8, 4) is 5.75 Å². The van der Waals surface area contributed by atoms with Gasteiger partial charge in [-0.15, -0.1) is 0 Å². The van der Waals surface area contributed by atoms with Crippen LogP contribution in [0.25, 0.3) is 21.9 Å². The third-order valence-corrected chi connectivity index (χ3v) is 6.60. The lowest BCUT2D eigenvalue weighted by molar-refractivity contribution is -0.0493. The molecule has 2 aliphatic heterocycles. The molecule has 154 valence electrons. The average Bonchev–Trinajstić information content (AvgIpc) is 3.37. The molecule has 5 nitrogen and oxygen atoms in total. The van der Waals surface area contributed by atoms with E-state index in [0.717, 1.165) is 67.0 Å². The van der Waals surface area contributed by atoms with Gasteiger partial charge in [-0.2, -0.15) is 8.78 Å². The molecule has 0 aliphatic carbocycles. The maximum Gasteiger partial charge on any atom is 0.387 e. The monoisotopic (exact) mass is 420 g/mol. The van der Waals surface area contributed by atoms with Gasteiger partial charge in [0.15, 0.2) is 11.3 Å². The first kappa shape index (κ1) is 19.1. The highest BCUT2D eigenvalue weighted by Crippen LogP contribution is 2.42. The fraction of sp³-hybridized carbons (Fsp3) is 0.429. The Labute approximate surface area is 171 Å². The van der Waals surface area contributed by atoms with E-state index >= 15 is 0 Å². The number of fused-ring (bicyclic) bond motifs is 3. The van der Waals surface area contributed by atoms with E-state index in [0.29, 0.717) is 17.1 Å². The lowest BCUT2D eigenvalue weighted by atomic mass is 9.93. The molecule has 3 aromatic rings. The summed E-state index contributed by atoms with van der Waals surface area (Å²) in [6, 6.07) is 9.54. The van der Waals surface area contributed by atoms with Gasteiger partial charge in [-0.25, -0.2) is 4.31 Å². The Morgan fingerprint density at radius 2 is 2.03 bits per heavy atom. The summed E-state index contributed by atoms with van der Waals surface area (Å²) in [5, 5.41) is 5.21. The largest absolute Gasteiger partial charge is 0.452 e. The summed E-state index contributed by atoms with van der Waals surface area (Å²) in [7, 11) is 0. The molecular formula is C21H22F2N2O3S. The number of halogens is 2. The highest BCUT2D eigenvalue weighted by atomic mass is 32.2. The second kappa shape index (κ2) is 8.10. The van der Waals surface area contributed by atoms with E-state index in [2.05, 4.69) is 15.7 Å². The molecule has 1 N–H and O–H groups in total. The fourth-order valence-corrected chi connectivity index (χ4v) is 5.08. The van der Waals surface area contributed by atoms with Gasteiger partial charge in [0.05, 0.1) is 13.2 Å². The SMILES string of the molecule is FC(F)Oc1ccc(C2CCNC2)c2c1oc1ccc(SN3CCOCC3)cc12. The molecule has 5 rings (SSSR count). The van der Waals surface area contributed by atoms with E-state index in [1.165, 1.54) is 0 Å². The lowest BCUT2D eigenvalue weighted by Crippen LogP contribution is -2.30. The van der Waals surface area contributed by atoms with Crippen LogP contribution in [0, 0.1) is 0 Å². The predicted octanol–water partition coefficient (Wildman–Crippen LogP) is 4.60. The van der Waals surface area contributed by atoms with Crippen molar-refractivity contribution in [2.45, 2.75) is 23.8 Å². The molecule has 2 aromatic carbocycles. The summed E-state index contributed by atoms with van der Waals surface area (Å²) in [4.78, 5) is 1.10. The number of benzene rings is 2. The average molecular weight is 420 g/mol. The van der Waals surface area contributed by atoms with Crippen LogP contribution in [0.3, 0.4) is 0 Å². The van der Waals surface area contributed by atoms with Gasteiger partial charge in [-0.3, -0.25) is 0 Å². The number of rotatable bonds is 5. The predicted molar refractivity (Wildman–Crippen MR) is 109 cm³/mol. The maximum atomic E-state index is 12.9. The molecule has 29 heavy (non-hydrogen) atoms. The van der Waals surface area contributed by atoms with E-state index < -0.39 is 6.61 Å². The normalized spacial score (nSPS) is 20.9. The van der Waals surface area contributed by atoms with E-state index in [1.54, 1.807) is 18.0 Å². The highest BCUT2D eigenvalue weighted by molar-refractivity contribution is 7.97. The van der Waals surface area contributed by atoms with Crippen molar-refractivity contribution in [3.05, 3.63) is 35.9 Å². The molecule has 0 radical (unpaired) electrons. The summed E-state index contributed by atoms with van der Waals surface area (Å²) in [6.07, 6.45) is 1.01. The van der Waals surface area contributed by atoms with Crippen LogP contribution in [-0.4, -0.2) is 50.3 Å². The molecule has 1 unspecified atom stereocenters. The van der Waals surface area contributed by atoms with Crippen LogP contribution < -0.4 is 10.1 Å². The van der Waals surface area contributed by atoms with Gasteiger partial charge < -0.3 is 19.2 Å². The van der Waals surface area contributed by atoms with Crippen molar-refractivity contribution in [1.29, 1.82) is 0 Å². The van der Waals surface area contributed by atoms with E-state index in [-0.39, 0.29) is 5.75 Å². The standard InChI is InChI=1S/C21H22F2N2O3S/c22-21(23)28-18-4-2-15(13-5-6-24-12-13)19-16-11-14(1-3-17(16)27-20(18)19)29-25-7-9-26-10-8-25/h1-4,11,13,21,24H,5-10,12H2. The van der Waals surface area contributed by atoms with Crippen LogP contribution in [0.2, 0.25) is 0 Å². The molecule has 2 aliphatic rings. The third kappa shape index (κ3) is 3.82. The number of alkyl halides is 2. The van der Waals surface area contributed by atoms with Crippen molar-refractivity contribution < 1.29 is 22.7 Å². The number of hydrogen-bond acceptors (Lipinski definition) is 6. The summed E-state index contributed by atoms with van der Waals surface area (Å²) in [5.41, 5.74) is 2.21. The zero-order valence-corrected chi connectivity index (χ0v) is 16.6. The Morgan fingerprint density at radius 1 is 1.17 bits per heavy atom. The summed E-state index contributed by atoms with van der Waals surface area (Å²) in [5.74, 6) is 0.415. The minimum atomic E-state index is -2.89. The first-order chi connectivity index (χ1) is 14.2. The molecule has 0 spiro atoms. The maximum absolute atomic E-state index is 12.9. The molecular weight excluding hydrogens is 398 g/mol. The summed E-state index contributed by atoms with van der Waals surface area (Å²) < 4.78 is 44.3. The van der Waals surface area contributed by atoms with Crippen LogP contribution in [0.5, 0.6) is 5.75 Å². The second-order valence-electron chi connectivity index (χ2n) is 7.32. The van der Waals surface area contributed by atoms with Gasteiger partial charge in [0.1, 0.15) is 5.58 Å². The van der Waals surface area contributed by atoms with Crippen molar-refractivity contribution in [2.24, 2.45) is 0 Å². The molecule has 1 atom stereocenters. The first-order valence-corrected chi connectivity index (χ1v) is 10.6. The fourth-order valence-electron chi connectivity index (χ4n) is 4.15. The zero-order chi connectivity index (χ0) is 19.8. The van der Waals surface area contributed by atoms with Crippen molar-refractivity contribution in [2.75, 3.05) is 39.4 Å². The minimum Gasteiger partial charge on any atom is -0.452 e. The highest BCUT2D eigenvalue weighted by Gasteiger charge is 2.25. The smallest absolute Gasteiger partial charge is 0.387 e. The van der Waals surface area contributed by atoms with Gasteiger partial charge >= 0.3 is 6.61 Å². The molecule has 2 saturated heterocycles. The van der Waals surface area contributed by atoms with Crippen LogP contribution in [-0.2, 0) is 4.74 Å². The summed E-state index contributed by atoms with van der Waals surface area (Å²) >= 11 is 1.69. The van der Waals surface area contributed by atoms with E-state index in [9.17, 15) is 8.78 Å². The molecule has 2 fully saturated rings. The summed E-state index contributed by atoms with van der Waals surface area (Å²) in [6.45, 7) is 2.15. The van der Waals surface area contributed by atoms with E-state index in [1.807, 2.05) is 18.2 Å². The van der Waals surface area contributed by atoms with Crippen LogP contribution in [0.15, 0.2) is 39.6 Å². The van der Waals surface area contributed by atoms with Crippen molar-refractivity contribution >= 4 is 33.9 Å². The second-order valence-corrected chi connectivity index (χ2v) is 8.49. The number of morpholine rings is 1. The molecule has 8 heteroatoms. The van der Waals surface area contributed by atoms with Gasteiger partial charge in [0.2, 0.25) is 0 Å². The van der Waals surface area contributed by atoms with E-state index in [4.69, 9.17) is 13.9 Å². The zero-order valence-electron chi connectivity index (χ0n) is 15.8. The third-order valence-electron chi connectivity index (χ3n) is 5.51. The number of furan rings is 1. The molecule has 1 aromatic heterocycles. The molecule has 0 bridgehead atoms. The number of ether oxygens (including phenoxy) is 2. The Hall–Kier alpha value is -1.87. The number of nitrogens with zero attached hydrogens (tertiary/aromatic N) is 1. The van der Waals surface area contributed by atoms with Gasteiger partial charge in [0.25, 0.3) is 0 Å².